The fourth-order valence-corrected chi connectivity index (χ4v) is 3.87. The zero-order chi connectivity index (χ0) is 18.2. The average Bonchev–Trinajstić information content (AvgIpc) is 2.59. The number of carbonyl (C=O) groups is 1. The Bertz CT molecular complexity index is 545. The molecular formula is C20H27F3O2. The lowest BCUT2D eigenvalue weighted by Gasteiger charge is -2.30. The molecule has 1 aliphatic carbocycles. The zero-order valence-electron chi connectivity index (χ0n) is 14.8. The van der Waals surface area contributed by atoms with Crippen LogP contribution in [0.5, 0.6) is 5.75 Å². The summed E-state index contributed by atoms with van der Waals surface area (Å²) in [6.45, 7) is 2.18. The largest absolute Gasteiger partial charge is 0.426 e. The smallest absolute Gasteiger partial charge is 0.311 e. The fraction of sp³-hybridized carbons (Fsp3) is 0.650. The Balaban J connectivity index is 1.80. The topological polar surface area (TPSA) is 26.3 Å². The second-order valence-corrected chi connectivity index (χ2v) is 7.01. The van der Waals surface area contributed by atoms with Crippen LogP contribution >= 0.6 is 0 Å². The van der Waals surface area contributed by atoms with Gasteiger partial charge in [-0.1, -0.05) is 51.9 Å². The highest BCUT2D eigenvalue weighted by Gasteiger charge is 2.23. The van der Waals surface area contributed by atoms with Gasteiger partial charge in [0.1, 0.15) is 5.75 Å². The summed E-state index contributed by atoms with van der Waals surface area (Å²) >= 11 is 0. The molecule has 0 bridgehead atoms. The first-order valence-electron chi connectivity index (χ1n) is 9.36. The Kier molecular flexibility index (Phi) is 7.79. The molecule has 5 heteroatoms. The summed E-state index contributed by atoms with van der Waals surface area (Å²) in [6, 6.07) is 1.39. The summed E-state index contributed by atoms with van der Waals surface area (Å²) in [5.74, 6) is -3.71. The third kappa shape index (κ3) is 6.05. The molecule has 1 atom stereocenters. The fourth-order valence-electron chi connectivity index (χ4n) is 3.87. The van der Waals surface area contributed by atoms with Crippen LogP contribution in [0.25, 0.3) is 0 Å². The van der Waals surface area contributed by atoms with Gasteiger partial charge in [0.05, 0.1) is 0 Å². The molecular weight excluding hydrogens is 329 g/mol. The third-order valence-electron chi connectivity index (χ3n) is 5.12. The monoisotopic (exact) mass is 356 g/mol. The van der Waals surface area contributed by atoms with E-state index in [4.69, 9.17) is 4.74 Å². The molecule has 0 aromatic heterocycles. The van der Waals surface area contributed by atoms with Crippen molar-refractivity contribution in [3.63, 3.8) is 0 Å². The Hall–Kier alpha value is -1.52. The maximum atomic E-state index is 13.1. The van der Waals surface area contributed by atoms with E-state index in [-0.39, 0.29) is 12.2 Å². The summed E-state index contributed by atoms with van der Waals surface area (Å²) < 4.78 is 44.1. The minimum Gasteiger partial charge on any atom is -0.426 e. The van der Waals surface area contributed by atoms with Crippen LogP contribution in [0.4, 0.5) is 13.2 Å². The molecule has 0 aliphatic heterocycles. The maximum absolute atomic E-state index is 13.1. The maximum Gasteiger partial charge on any atom is 0.311 e. The lowest BCUT2D eigenvalue weighted by molar-refractivity contribution is -0.134. The van der Waals surface area contributed by atoms with E-state index in [0.29, 0.717) is 24.5 Å². The molecule has 0 radical (unpaired) electrons. The average molecular weight is 356 g/mol. The summed E-state index contributed by atoms with van der Waals surface area (Å²) in [5.41, 5.74) is 0. The Morgan fingerprint density at radius 1 is 1.12 bits per heavy atom. The van der Waals surface area contributed by atoms with Crippen LogP contribution < -0.4 is 4.74 Å². The molecule has 1 saturated carbocycles. The highest BCUT2D eigenvalue weighted by molar-refractivity contribution is 5.72. The number of hydrogen-bond acceptors (Lipinski definition) is 2. The second-order valence-electron chi connectivity index (χ2n) is 7.01. The van der Waals surface area contributed by atoms with Gasteiger partial charge in [0.2, 0.25) is 0 Å². The molecule has 2 rings (SSSR count). The van der Waals surface area contributed by atoms with Crippen molar-refractivity contribution < 1.29 is 22.7 Å². The third-order valence-corrected chi connectivity index (χ3v) is 5.12. The van der Waals surface area contributed by atoms with Crippen molar-refractivity contribution in [2.75, 3.05) is 0 Å². The van der Waals surface area contributed by atoms with E-state index in [1.165, 1.54) is 38.5 Å². The van der Waals surface area contributed by atoms with E-state index >= 15 is 0 Å². The lowest BCUT2D eigenvalue weighted by Crippen LogP contribution is -2.18. The predicted octanol–water partition coefficient (Wildman–Crippen LogP) is 6.18. The number of carbonyl (C=O) groups excluding carboxylic acids is 1. The normalized spacial score (nSPS) is 16.6. The van der Waals surface area contributed by atoms with Crippen molar-refractivity contribution in [1.29, 1.82) is 0 Å². The van der Waals surface area contributed by atoms with E-state index < -0.39 is 23.4 Å². The minimum absolute atomic E-state index is 0.202. The van der Waals surface area contributed by atoms with Crippen molar-refractivity contribution in [3.8, 4) is 5.75 Å². The highest BCUT2D eigenvalue weighted by atomic mass is 19.2. The van der Waals surface area contributed by atoms with Crippen molar-refractivity contribution in [2.45, 2.75) is 71.1 Å². The van der Waals surface area contributed by atoms with Crippen LogP contribution in [0.2, 0.25) is 0 Å². The van der Waals surface area contributed by atoms with Gasteiger partial charge in [-0.3, -0.25) is 4.79 Å². The predicted molar refractivity (Wildman–Crippen MR) is 90.8 cm³/mol. The quantitative estimate of drug-likeness (QED) is 0.316. The van der Waals surface area contributed by atoms with E-state index in [1.807, 2.05) is 0 Å². The van der Waals surface area contributed by atoms with Gasteiger partial charge in [-0.15, -0.1) is 0 Å². The van der Waals surface area contributed by atoms with Crippen molar-refractivity contribution in [3.05, 3.63) is 29.6 Å². The number of esters is 1. The van der Waals surface area contributed by atoms with E-state index in [2.05, 4.69) is 6.92 Å². The van der Waals surface area contributed by atoms with Gasteiger partial charge in [0.15, 0.2) is 17.5 Å². The van der Waals surface area contributed by atoms with Crippen LogP contribution in [0, 0.1) is 29.3 Å². The van der Waals surface area contributed by atoms with E-state index in [0.717, 1.165) is 18.8 Å². The van der Waals surface area contributed by atoms with Gasteiger partial charge in [-0.25, -0.2) is 13.2 Å². The molecule has 1 unspecified atom stereocenters. The van der Waals surface area contributed by atoms with Crippen molar-refractivity contribution in [1.82, 2.24) is 0 Å². The van der Waals surface area contributed by atoms with Crippen LogP contribution in [0.3, 0.4) is 0 Å². The zero-order valence-corrected chi connectivity index (χ0v) is 14.8. The van der Waals surface area contributed by atoms with Gasteiger partial charge >= 0.3 is 5.97 Å². The number of rotatable bonds is 8. The van der Waals surface area contributed by atoms with Crippen LogP contribution in [0.1, 0.15) is 71.1 Å². The minimum atomic E-state index is -1.56. The first kappa shape index (κ1) is 19.8. The standard InChI is InChI=1S/C20H27F3O2/c1-2-7-14(15-8-4-3-5-9-15)10-6-11-19(24)25-16-12-17(21)20(23)18(22)13-16/h12-15H,2-11H2,1H3. The van der Waals surface area contributed by atoms with Crippen LogP contribution in [-0.4, -0.2) is 5.97 Å². The van der Waals surface area contributed by atoms with Crippen LogP contribution in [-0.2, 0) is 4.79 Å². The molecule has 2 nitrogen and oxygen atoms in total. The number of benzene rings is 1. The molecule has 0 heterocycles. The molecule has 0 amide bonds. The molecule has 0 saturated heterocycles. The second kappa shape index (κ2) is 9.83. The first-order valence-corrected chi connectivity index (χ1v) is 9.36. The lowest BCUT2D eigenvalue weighted by atomic mass is 9.76. The Labute approximate surface area is 147 Å². The molecule has 1 aromatic rings. The van der Waals surface area contributed by atoms with Gasteiger partial charge in [0, 0.05) is 18.6 Å². The first-order chi connectivity index (χ1) is 12.0. The summed E-state index contributed by atoms with van der Waals surface area (Å²) in [7, 11) is 0. The highest BCUT2D eigenvalue weighted by Crippen LogP contribution is 2.35. The molecule has 0 N–H and O–H groups in total. The number of ether oxygens (including phenoxy) is 1. The van der Waals surface area contributed by atoms with Gasteiger partial charge in [-0.2, -0.15) is 0 Å². The van der Waals surface area contributed by atoms with Gasteiger partial charge < -0.3 is 4.74 Å². The molecule has 25 heavy (non-hydrogen) atoms. The van der Waals surface area contributed by atoms with Gasteiger partial charge in [-0.05, 0) is 24.7 Å². The summed E-state index contributed by atoms with van der Waals surface area (Å²) in [5, 5.41) is 0. The van der Waals surface area contributed by atoms with Gasteiger partial charge in [0.25, 0.3) is 0 Å². The Morgan fingerprint density at radius 2 is 1.76 bits per heavy atom. The SMILES string of the molecule is CCCC(CCCC(=O)Oc1cc(F)c(F)c(F)c1)C1CCCCC1. The van der Waals surface area contributed by atoms with E-state index in [1.54, 1.807) is 0 Å². The van der Waals surface area contributed by atoms with Crippen LogP contribution in [0.15, 0.2) is 12.1 Å². The Morgan fingerprint density at radius 3 is 2.36 bits per heavy atom. The summed E-state index contributed by atoms with van der Waals surface area (Å²) in [4.78, 5) is 11.9. The number of hydrogen-bond donors (Lipinski definition) is 0. The molecule has 1 fully saturated rings. The van der Waals surface area contributed by atoms with Crippen molar-refractivity contribution in [2.24, 2.45) is 11.8 Å². The number of halogens is 3. The van der Waals surface area contributed by atoms with Crippen molar-refractivity contribution >= 4 is 5.97 Å². The molecule has 1 aliphatic rings. The molecule has 0 spiro atoms. The molecule has 1 aromatic carbocycles. The van der Waals surface area contributed by atoms with E-state index in [9.17, 15) is 18.0 Å². The summed E-state index contributed by atoms with van der Waals surface area (Å²) in [6.07, 6.45) is 10.7. The molecule has 140 valence electrons.